The van der Waals surface area contributed by atoms with Crippen LogP contribution in [0.4, 0.5) is 0 Å². The van der Waals surface area contributed by atoms with Gasteiger partial charge in [0.25, 0.3) is 0 Å². The van der Waals surface area contributed by atoms with Gasteiger partial charge < -0.3 is 15.5 Å². The van der Waals surface area contributed by atoms with Crippen molar-refractivity contribution in [1.82, 2.24) is 15.5 Å². The number of hydrogen-bond donors (Lipinski definition) is 2. The largest absolute Gasteiger partial charge is 0.352 e. The average Bonchev–Trinajstić information content (AvgIpc) is 3.10. The molecule has 5 unspecified atom stereocenters. The van der Waals surface area contributed by atoms with E-state index in [1.54, 1.807) is 4.90 Å². The molecule has 2 aliphatic rings. The van der Waals surface area contributed by atoms with Gasteiger partial charge in [-0.05, 0) is 47.1 Å². The number of nitrogens with one attached hydrogen (secondary N) is 2. The molecule has 4 aromatic carbocycles. The van der Waals surface area contributed by atoms with Gasteiger partial charge in [-0.3, -0.25) is 14.4 Å². The minimum Gasteiger partial charge on any atom is -0.352 e. The summed E-state index contributed by atoms with van der Waals surface area (Å²) in [4.78, 5) is 44.7. The monoisotopic (exact) mass is 631 g/mol. The zero-order valence-electron chi connectivity index (χ0n) is 26.1. The van der Waals surface area contributed by atoms with Crippen molar-refractivity contribution in [3.05, 3.63) is 132 Å². The fourth-order valence-corrected chi connectivity index (χ4v) is 7.27. The summed E-state index contributed by atoms with van der Waals surface area (Å²) in [6, 6.07) is 35.4. The molecule has 236 valence electrons. The Morgan fingerprint density at radius 2 is 1.30 bits per heavy atom. The fraction of sp³-hybridized carbons (Fsp3) is 0.308. The van der Waals surface area contributed by atoms with Gasteiger partial charge in [-0.25, -0.2) is 0 Å². The van der Waals surface area contributed by atoms with Crippen molar-refractivity contribution in [3.63, 3.8) is 0 Å². The fourth-order valence-electron chi connectivity index (χ4n) is 6.88. The second-order valence-electron chi connectivity index (χ2n) is 12.5. The normalized spacial score (nSPS) is 20.8. The van der Waals surface area contributed by atoms with E-state index in [2.05, 4.69) is 56.3 Å². The Kier molecular flexibility index (Phi) is 10.2. The van der Waals surface area contributed by atoms with Crippen LogP contribution in [0.15, 0.2) is 115 Å². The highest BCUT2D eigenvalue weighted by molar-refractivity contribution is 7.19. The van der Waals surface area contributed by atoms with E-state index in [9.17, 15) is 14.4 Å². The third-order valence-corrected chi connectivity index (χ3v) is 10.0. The first-order valence-electron chi connectivity index (χ1n) is 16.4. The lowest BCUT2D eigenvalue weighted by Gasteiger charge is -2.46. The standard InChI is InChI=1S/C39H42N3O3P/c43-37-34(26-27-13-5-1-6-14-27)42(39(45)36(46)31-17-9-3-10-18-31)35(38(44)40-32-19-11-4-12-20-32)33(41-37)25-28-21-23-30(24-22-28)29-15-7-2-8-16-29/h1-3,5-10,13-18,21-24,32-36H,4,11-12,19-20,25-26,46H2,(H,40,44)(H,41,43). The van der Waals surface area contributed by atoms with Crippen molar-refractivity contribution in [3.8, 4) is 11.1 Å². The summed E-state index contributed by atoms with van der Waals surface area (Å²) in [6.07, 6.45) is 5.90. The first kappa shape index (κ1) is 31.7. The highest BCUT2D eigenvalue weighted by Crippen LogP contribution is 2.32. The lowest BCUT2D eigenvalue weighted by molar-refractivity contribution is -0.154. The molecule has 3 amide bonds. The molecule has 1 saturated heterocycles. The smallest absolute Gasteiger partial charge is 0.245 e. The summed E-state index contributed by atoms with van der Waals surface area (Å²) in [5, 5.41) is 6.52. The summed E-state index contributed by atoms with van der Waals surface area (Å²) in [5.74, 6) is -0.690. The maximum Gasteiger partial charge on any atom is 0.245 e. The number of carbonyl (C=O) groups is 3. The van der Waals surface area contributed by atoms with Crippen molar-refractivity contribution in [2.24, 2.45) is 0 Å². The van der Waals surface area contributed by atoms with Crippen LogP contribution in [0.2, 0.25) is 0 Å². The van der Waals surface area contributed by atoms with Crippen molar-refractivity contribution in [1.29, 1.82) is 0 Å². The van der Waals surface area contributed by atoms with Crippen LogP contribution in [0, 0.1) is 0 Å². The van der Waals surface area contributed by atoms with Gasteiger partial charge in [-0.2, -0.15) is 0 Å². The van der Waals surface area contributed by atoms with Gasteiger partial charge >= 0.3 is 0 Å². The predicted octanol–water partition coefficient (Wildman–Crippen LogP) is 6.27. The van der Waals surface area contributed by atoms with Gasteiger partial charge in [0, 0.05) is 12.5 Å². The second kappa shape index (κ2) is 14.9. The summed E-state index contributed by atoms with van der Waals surface area (Å²) in [7, 11) is 2.67. The predicted molar refractivity (Wildman–Crippen MR) is 186 cm³/mol. The lowest BCUT2D eigenvalue weighted by atomic mass is 9.88. The molecule has 7 heteroatoms. The first-order chi connectivity index (χ1) is 22.5. The summed E-state index contributed by atoms with van der Waals surface area (Å²) in [6.45, 7) is 0. The molecule has 46 heavy (non-hydrogen) atoms. The molecule has 4 aromatic rings. The number of carbonyl (C=O) groups excluding carboxylic acids is 3. The van der Waals surface area contributed by atoms with Crippen LogP contribution in [0.3, 0.4) is 0 Å². The van der Waals surface area contributed by atoms with Crippen LogP contribution in [-0.4, -0.2) is 46.8 Å². The van der Waals surface area contributed by atoms with E-state index >= 15 is 0 Å². The van der Waals surface area contributed by atoms with Crippen molar-refractivity contribution >= 4 is 27.0 Å². The molecule has 0 radical (unpaired) electrons. The minimum absolute atomic E-state index is 0.0649. The van der Waals surface area contributed by atoms with Gasteiger partial charge in [0.1, 0.15) is 12.1 Å². The summed E-state index contributed by atoms with van der Waals surface area (Å²) >= 11 is 0. The first-order valence-corrected chi connectivity index (χ1v) is 17.1. The van der Waals surface area contributed by atoms with Gasteiger partial charge in [-0.15, -0.1) is 9.24 Å². The molecular formula is C39H42N3O3P. The molecule has 6 nitrogen and oxygen atoms in total. The van der Waals surface area contributed by atoms with Crippen LogP contribution >= 0.6 is 9.24 Å². The van der Waals surface area contributed by atoms with Gasteiger partial charge in [0.15, 0.2) is 0 Å². The quantitative estimate of drug-likeness (QED) is 0.214. The van der Waals surface area contributed by atoms with E-state index in [1.807, 2.05) is 78.9 Å². The molecule has 1 aliphatic carbocycles. The Labute approximate surface area is 274 Å². The van der Waals surface area contributed by atoms with Gasteiger partial charge in [0.05, 0.1) is 11.7 Å². The van der Waals surface area contributed by atoms with E-state index < -0.39 is 23.8 Å². The van der Waals surface area contributed by atoms with Crippen LogP contribution in [0.5, 0.6) is 0 Å². The number of amides is 3. The van der Waals surface area contributed by atoms with E-state index in [4.69, 9.17) is 0 Å². The van der Waals surface area contributed by atoms with Gasteiger partial charge in [-0.1, -0.05) is 135 Å². The van der Waals surface area contributed by atoms with Crippen LogP contribution < -0.4 is 10.6 Å². The maximum absolute atomic E-state index is 14.6. The molecule has 2 N–H and O–H groups in total. The Balaban J connectivity index is 1.36. The molecule has 1 saturated carbocycles. The number of hydrogen-bond acceptors (Lipinski definition) is 3. The molecular weight excluding hydrogens is 589 g/mol. The van der Waals surface area contributed by atoms with Crippen LogP contribution in [0.25, 0.3) is 11.1 Å². The number of benzene rings is 4. The molecule has 2 fully saturated rings. The molecule has 0 spiro atoms. The van der Waals surface area contributed by atoms with Crippen molar-refractivity contribution in [2.75, 3.05) is 0 Å². The van der Waals surface area contributed by atoms with Crippen molar-refractivity contribution < 1.29 is 14.4 Å². The summed E-state index contributed by atoms with van der Waals surface area (Å²) in [5.41, 5.74) is 4.35. The zero-order valence-corrected chi connectivity index (χ0v) is 27.2. The number of nitrogens with zero attached hydrogens (tertiary/aromatic N) is 1. The number of piperazine rings is 1. The Bertz CT molecular complexity index is 1610. The van der Waals surface area contributed by atoms with Crippen LogP contribution in [-0.2, 0) is 27.2 Å². The third kappa shape index (κ3) is 7.40. The highest BCUT2D eigenvalue weighted by Gasteiger charge is 2.49. The Morgan fingerprint density at radius 3 is 1.96 bits per heavy atom. The highest BCUT2D eigenvalue weighted by atomic mass is 31.0. The van der Waals surface area contributed by atoms with E-state index in [-0.39, 0.29) is 23.8 Å². The topological polar surface area (TPSA) is 78.5 Å². The molecule has 0 aromatic heterocycles. The van der Waals surface area contributed by atoms with E-state index in [1.165, 1.54) is 6.42 Å². The van der Waals surface area contributed by atoms with E-state index in [0.29, 0.717) is 12.8 Å². The molecule has 5 atom stereocenters. The zero-order chi connectivity index (χ0) is 31.9. The van der Waals surface area contributed by atoms with Crippen molar-refractivity contribution in [2.45, 2.75) is 74.8 Å². The van der Waals surface area contributed by atoms with Gasteiger partial charge in [0.2, 0.25) is 17.7 Å². The lowest BCUT2D eigenvalue weighted by Crippen LogP contribution is -2.72. The third-order valence-electron chi connectivity index (χ3n) is 9.33. The van der Waals surface area contributed by atoms with E-state index in [0.717, 1.165) is 53.5 Å². The molecule has 1 aliphatic heterocycles. The SMILES string of the molecule is O=C1NC(Cc2ccc(-c3ccccc3)cc2)C(C(=O)NC2CCCCC2)N(C(=O)C(P)c2ccccc2)C1Cc1ccccc1. The average molecular weight is 632 g/mol. The number of rotatable bonds is 9. The molecule has 1 heterocycles. The van der Waals surface area contributed by atoms with Crippen LogP contribution in [0.1, 0.15) is 54.5 Å². The Morgan fingerprint density at radius 1 is 0.739 bits per heavy atom. The maximum atomic E-state index is 14.6. The molecule has 6 rings (SSSR count). The minimum atomic E-state index is -0.874. The summed E-state index contributed by atoms with van der Waals surface area (Å²) < 4.78 is 0. The second-order valence-corrected chi connectivity index (χ2v) is 13.2. The Hall–Kier alpha value is -4.28. The molecule has 0 bridgehead atoms.